The Hall–Kier alpha value is -2.26. The number of benzene rings is 2. The summed E-state index contributed by atoms with van der Waals surface area (Å²) in [5.41, 5.74) is 3.43. The second-order valence-electron chi connectivity index (χ2n) is 6.86. The first-order chi connectivity index (χ1) is 13.1. The van der Waals surface area contributed by atoms with Crippen LogP contribution in [0.5, 0.6) is 0 Å². The van der Waals surface area contributed by atoms with E-state index in [2.05, 4.69) is 19.9 Å². The van der Waals surface area contributed by atoms with Crippen LogP contribution in [0.3, 0.4) is 0 Å². The third-order valence-electron chi connectivity index (χ3n) is 4.89. The van der Waals surface area contributed by atoms with Crippen LogP contribution in [0.15, 0.2) is 48.5 Å². The van der Waals surface area contributed by atoms with Crippen molar-refractivity contribution in [2.75, 3.05) is 7.11 Å². The number of methoxy groups -OCH3 is 1. The van der Waals surface area contributed by atoms with E-state index < -0.39 is 6.10 Å². The van der Waals surface area contributed by atoms with Crippen molar-refractivity contribution in [3.63, 3.8) is 0 Å². The second-order valence-corrected chi connectivity index (χ2v) is 6.86. The molecule has 0 spiro atoms. The molecule has 2 aromatic rings. The molecule has 0 saturated carbocycles. The first-order valence-corrected chi connectivity index (χ1v) is 9.91. The molecular formula is C24H30O3. The van der Waals surface area contributed by atoms with Gasteiger partial charge in [0.25, 0.3) is 0 Å². The lowest BCUT2D eigenvalue weighted by molar-refractivity contribution is 0.0512. The zero-order valence-electron chi connectivity index (χ0n) is 16.7. The summed E-state index contributed by atoms with van der Waals surface area (Å²) in [6.07, 6.45) is 5.00. The molecule has 0 aliphatic carbocycles. The highest BCUT2D eigenvalue weighted by atomic mass is 16.5. The smallest absolute Gasteiger partial charge is 0.199 e. The van der Waals surface area contributed by atoms with Gasteiger partial charge in [-0.05, 0) is 36.8 Å². The monoisotopic (exact) mass is 366 g/mol. The molecule has 0 aromatic heterocycles. The summed E-state index contributed by atoms with van der Waals surface area (Å²) in [7, 11) is 1.43. The quantitative estimate of drug-likeness (QED) is 0.392. The minimum absolute atomic E-state index is 0.240. The molecule has 3 heteroatoms. The normalized spacial score (nSPS) is 12.0. The summed E-state index contributed by atoms with van der Waals surface area (Å²) >= 11 is 0. The summed E-state index contributed by atoms with van der Waals surface area (Å²) in [6, 6.07) is 14.7. The molecule has 2 rings (SSSR count). The first kappa shape index (κ1) is 21.0. The summed E-state index contributed by atoms with van der Waals surface area (Å²) in [5, 5.41) is 0. The molecule has 2 aromatic carbocycles. The van der Waals surface area contributed by atoms with Gasteiger partial charge in [0.1, 0.15) is 0 Å². The highest BCUT2D eigenvalue weighted by Gasteiger charge is 2.30. The molecule has 0 radical (unpaired) electrons. The predicted octanol–water partition coefficient (Wildman–Crippen LogP) is 5.45. The molecule has 1 unspecified atom stereocenters. The number of ether oxygens (including phenoxy) is 1. The van der Waals surface area contributed by atoms with Gasteiger partial charge < -0.3 is 4.74 Å². The zero-order chi connectivity index (χ0) is 19.6. The van der Waals surface area contributed by atoms with Crippen molar-refractivity contribution in [2.24, 2.45) is 0 Å². The van der Waals surface area contributed by atoms with E-state index in [1.165, 1.54) is 12.7 Å². The van der Waals surface area contributed by atoms with Crippen LogP contribution >= 0.6 is 0 Å². The number of rotatable bonds is 11. The fraction of sp³-hybridized carbons (Fsp3) is 0.417. The second kappa shape index (κ2) is 10.8. The van der Waals surface area contributed by atoms with Crippen LogP contribution in [0.1, 0.15) is 71.4 Å². The molecule has 0 aliphatic heterocycles. The molecule has 0 amide bonds. The molecule has 0 fully saturated rings. The molecule has 0 saturated heterocycles. The van der Waals surface area contributed by atoms with Crippen molar-refractivity contribution in [1.29, 1.82) is 0 Å². The average Bonchev–Trinajstić information content (AvgIpc) is 2.71. The molecule has 1 atom stereocenters. The number of carbonyl (C=O) groups excluding carboxylic acids is 2. The van der Waals surface area contributed by atoms with Crippen LogP contribution in [-0.2, 0) is 17.6 Å². The van der Waals surface area contributed by atoms with Crippen molar-refractivity contribution in [1.82, 2.24) is 0 Å². The lowest BCUT2D eigenvalue weighted by Gasteiger charge is -2.18. The Kier molecular flexibility index (Phi) is 8.41. The van der Waals surface area contributed by atoms with E-state index in [-0.39, 0.29) is 11.6 Å². The Morgan fingerprint density at radius 2 is 1.52 bits per heavy atom. The van der Waals surface area contributed by atoms with E-state index in [1.807, 2.05) is 18.2 Å². The third kappa shape index (κ3) is 5.36. The van der Waals surface area contributed by atoms with Gasteiger partial charge in [-0.1, -0.05) is 75.2 Å². The summed E-state index contributed by atoms with van der Waals surface area (Å²) < 4.78 is 5.36. The molecule has 27 heavy (non-hydrogen) atoms. The van der Waals surface area contributed by atoms with Gasteiger partial charge in [-0.15, -0.1) is 0 Å². The van der Waals surface area contributed by atoms with Gasteiger partial charge in [0.2, 0.25) is 0 Å². The highest BCUT2D eigenvalue weighted by Crippen LogP contribution is 2.23. The van der Waals surface area contributed by atoms with Crippen LogP contribution < -0.4 is 0 Å². The molecular weight excluding hydrogens is 336 g/mol. The van der Waals surface area contributed by atoms with E-state index in [4.69, 9.17) is 4.74 Å². The van der Waals surface area contributed by atoms with E-state index in [0.29, 0.717) is 11.1 Å². The van der Waals surface area contributed by atoms with Crippen molar-refractivity contribution >= 4 is 11.6 Å². The maximum atomic E-state index is 13.3. The maximum Gasteiger partial charge on any atom is 0.199 e. The van der Waals surface area contributed by atoms with Gasteiger partial charge in [0.15, 0.2) is 17.7 Å². The Bertz CT molecular complexity index is 749. The Morgan fingerprint density at radius 3 is 2.15 bits per heavy atom. The van der Waals surface area contributed by atoms with Crippen molar-refractivity contribution < 1.29 is 14.3 Å². The minimum atomic E-state index is -1.10. The van der Waals surface area contributed by atoms with E-state index in [0.717, 1.165) is 44.1 Å². The number of aryl methyl sites for hydroxylation is 1. The first-order valence-electron chi connectivity index (χ1n) is 9.91. The zero-order valence-corrected chi connectivity index (χ0v) is 16.7. The molecule has 0 bridgehead atoms. The summed E-state index contributed by atoms with van der Waals surface area (Å²) in [6.45, 7) is 4.31. The standard InChI is InChI=1S/C24H30O3/c1-4-6-12-18-15-11-17-21(20(18)16-7-5-2)23(26)24(27-3)22(25)19-13-9-8-10-14-19/h8-11,13-15,17,24H,4-7,12,16H2,1-3H3. The van der Waals surface area contributed by atoms with Gasteiger partial charge in [-0.2, -0.15) is 0 Å². The molecule has 144 valence electrons. The number of unbranched alkanes of at least 4 members (excludes halogenated alkanes) is 2. The average molecular weight is 367 g/mol. The highest BCUT2D eigenvalue weighted by molar-refractivity contribution is 6.19. The maximum absolute atomic E-state index is 13.3. The topological polar surface area (TPSA) is 43.4 Å². The Balaban J connectivity index is 2.38. The molecule has 0 N–H and O–H groups in total. The van der Waals surface area contributed by atoms with E-state index in [9.17, 15) is 9.59 Å². The van der Waals surface area contributed by atoms with Crippen LogP contribution in [-0.4, -0.2) is 24.8 Å². The molecule has 0 aliphatic rings. The van der Waals surface area contributed by atoms with Crippen LogP contribution in [0.4, 0.5) is 0 Å². The number of Topliss-reactive ketones (excluding diaryl/α,β-unsaturated/α-hetero) is 2. The minimum Gasteiger partial charge on any atom is -0.365 e. The predicted molar refractivity (Wildman–Crippen MR) is 110 cm³/mol. The number of hydrogen-bond acceptors (Lipinski definition) is 3. The van der Waals surface area contributed by atoms with Gasteiger partial charge in [0.05, 0.1) is 0 Å². The SMILES string of the molecule is CCCCc1cccc(C(=O)C(OC)C(=O)c2ccccc2)c1CCCC. The van der Waals surface area contributed by atoms with Crippen LogP contribution in [0, 0.1) is 0 Å². The number of ketones is 2. The van der Waals surface area contributed by atoms with Crippen molar-refractivity contribution in [2.45, 2.75) is 58.5 Å². The van der Waals surface area contributed by atoms with Crippen molar-refractivity contribution in [3.8, 4) is 0 Å². The lowest BCUT2D eigenvalue weighted by Crippen LogP contribution is -2.33. The fourth-order valence-electron chi connectivity index (χ4n) is 3.34. The fourth-order valence-corrected chi connectivity index (χ4v) is 3.34. The Morgan fingerprint density at radius 1 is 0.852 bits per heavy atom. The van der Waals surface area contributed by atoms with E-state index in [1.54, 1.807) is 24.3 Å². The lowest BCUT2D eigenvalue weighted by atomic mass is 9.88. The number of carbonyl (C=O) groups is 2. The van der Waals surface area contributed by atoms with Gasteiger partial charge >= 0.3 is 0 Å². The van der Waals surface area contributed by atoms with Crippen LogP contribution in [0.25, 0.3) is 0 Å². The Labute approximate surface area is 162 Å². The van der Waals surface area contributed by atoms with Gasteiger partial charge in [-0.3, -0.25) is 9.59 Å². The molecule has 3 nitrogen and oxygen atoms in total. The van der Waals surface area contributed by atoms with Gasteiger partial charge in [0, 0.05) is 18.2 Å². The third-order valence-corrected chi connectivity index (χ3v) is 4.89. The number of hydrogen-bond donors (Lipinski definition) is 0. The summed E-state index contributed by atoms with van der Waals surface area (Å²) in [5.74, 6) is -0.528. The van der Waals surface area contributed by atoms with Crippen molar-refractivity contribution in [3.05, 3.63) is 70.8 Å². The van der Waals surface area contributed by atoms with Gasteiger partial charge in [-0.25, -0.2) is 0 Å². The van der Waals surface area contributed by atoms with Crippen LogP contribution in [0.2, 0.25) is 0 Å². The summed E-state index contributed by atoms with van der Waals surface area (Å²) in [4.78, 5) is 26.1. The molecule has 0 heterocycles. The van der Waals surface area contributed by atoms with E-state index >= 15 is 0 Å². The largest absolute Gasteiger partial charge is 0.365 e.